The predicted molar refractivity (Wildman–Crippen MR) is 102 cm³/mol. The van der Waals surface area contributed by atoms with Crippen molar-refractivity contribution >= 4 is 40.0 Å². The first-order chi connectivity index (χ1) is 10.5. The van der Waals surface area contributed by atoms with Crippen LogP contribution >= 0.6 is 24.0 Å². The lowest BCUT2D eigenvalue weighted by molar-refractivity contribution is 0.387. The first kappa shape index (κ1) is 20.2. The van der Waals surface area contributed by atoms with E-state index in [1.165, 1.54) is 6.26 Å². The van der Waals surface area contributed by atoms with Crippen LogP contribution in [0.5, 0.6) is 0 Å². The topological polar surface area (TPSA) is 86.9 Å². The number of hydrogen-bond donors (Lipinski definition) is 2. The highest BCUT2D eigenvalue weighted by molar-refractivity contribution is 14.0. The Morgan fingerprint density at radius 1 is 1.48 bits per heavy atom. The largest absolute Gasteiger partial charge is 0.467 e. The molecule has 1 saturated heterocycles. The van der Waals surface area contributed by atoms with Gasteiger partial charge in [-0.05, 0) is 31.9 Å². The van der Waals surface area contributed by atoms with E-state index in [2.05, 4.69) is 15.6 Å². The molecule has 23 heavy (non-hydrogen) atoms. The minimum Gasteiger partial charge on any atom is -0.467 e. The Labute approximate surface area is 155 Å². The average Bonchev–Trinajstić information content (AvgIpc) is 3.12. The van der Waals surface area contributed by atoms with Crippen molar-refractivity contribution in [3.05, 3.63) is 24.2 Å². The van der Waals surface area contributed by atoms with E-state index in [1.807, 2.05) is 19.1 Å². The van der Waals surface area contributed by atoms with Gasteiger partial charge in [-0.3, -0.25) is 0 Å². The van der Waals surface area contributed by atoms with Crippen LogP contribution in [0.15, 0.2) is 27.8 Å². The second kappa shape index (κ2) is 9.48. The quantitative estimate of drug-likeness (QED) is 0.384. The molecule has 7 nitrogen and oxygen atoms in total. The third-order valence-corrected chi connectivity index (χ3v) is 4.90. The molecule has 2 N–H and O–H groups in total. The molecule has 0 spiro atoms. The van der Waals surface area contributed by atoms with Crippen molar-refractivity contribution in [2.45, 2.75) is 32.4 Å². The van der Waals surface area contributed by atoms with E-state index in [0.29, 0.717) is 25.6 Å². The van der Waals surface area contributed by atoms with E-state index in [-0.39, 0.29) is 30.0 Å². The first-order valence-corrected chi connectivity index (χ1v) is 9.37. The van der Waals surface area contributed by atoms with Crippen molar-refractivity contribution in [3.8, 4) is 0 Å². The highest BCUT2D eigenvalue weighted by Gasteiger charge is 2.31. The van der Waals surface area contributed by atoms with Gasteiger partial charge in [-0.1, -0.05) is 0 Å². The Morgan fingerprint density at radius 3 is 2.87 bits per heavy atom. The SMILES string of the molecule is CCNC(=NCc1ccco1)NC[C@H]1CCCN1S(C)(=O)=O.I. The molecular weight excluding hydrogens is 431 g/mol. The summed E-state index contributed by atoms with van der Waals surface area (Å²) < 4.78 is 30.3. The zero-order chi connectivity index (χ0) is 16.0. The smallest absolute Gasteiger partial charge is 0.211 e. The average molecular weight is 456 g/mol. The van der Waals surface area contributed by atoms with Gasteiger partial charge in [-0.25, -0.2) is 13.4 Å². The molecule has 1 fully saturated rings. The van der Waals surface area contributed by atoms with E-state index < -0.39 is 10.0 Å². The monoisotopic (exact) mass is 456 g/mol. The number of aliphatic imine (C=N–C) groups is 1. The molecule has 1 aromatic rings. The Balaban J connectivity index is 0.00000264. The molecule has 1 aromatic heterocycles. The normalized spacial score (nSPS) is 19.4. The molecule has 1 atom stereocenters. The summed E-state index contributed by atoms with van der Waals surface area (Å²) in [4.78, 5) is 4.44. The second-order valence-electron chi connectivity index (χ2n) is 5.33. The maximum absolute atomic E-state index is 11.7. The van der Waals surface area contributed by atoms with E-state index >= 15 is 0 Å². The molecule has 2 heterocycles. The van der Waals surface area contributed by atoms with Gasteiger partial charge < -0.3 is 15.1 Å². The number of guanidine groups is 1. The third-order valence-electron chi connectivity index (χ3n) is 3.57. The number of sulfonamides is 1. The van der Waals surface area contributed by atoms with Crippen LogP contribution in [0.3, 0.4) is 0 Å². The lowest BCUT2D eigenvalue weighted by Crippen LogP contribution is -2.46. The molecule has 0 bridgehead atoms. The van der Waals surface area contributed by atoms with Crippen LogP contribution in [0, 0.1) is 0 Å². The molecule has 2 rings (SSSR count). The Morgan fingerprint density at radius 2 is 2.26 bits per heavy atom. The van der Waals surface area contributed by atoms with Gasteiger partial charge in [0.05, 0.1) is 12.5 Å². The zero-order valence-corrected chi connectivity index (χ0v) is 16.6. The van der Waals surface area contributed by atoms with Gasteiger partial charge in [-0.2, -0.15) is 4.31 Å². The molecule has 0 amide bonds. The van der Waals surface area contributed by atoms with Crippen molar-refractivity contribution in [1.82, 2.24) is 14.9 Å². The highest BCUT2D eigenvalue weighted by atomic mass is 127. The number of nitrogens with one attached hydrogen (secondary N) is 2. The molecular formula is C14H25IN4O3S. The summed E-state index contributed by atoms with van der Waals surface area (Å²) in [6.07, 6.45) is 4.66. The molecule has 132 valence electrons. The van der Waals surface area contributed by atoms with Crippen molar-refractivity contribution in [2.24, 2.45) is 4.99 Å². The van der Waals surface area contributed by atoms with Crippen LogP contribution in [0.25, 0.3) is 0 Å². The summed E-state index contributed by atoms with van der Waals surface area (Å²) in [7, 11) is -3.14. The van der Waals surface area contributed by atoms with Crippen LogP contribution < -0.4 is 10.6 Å². The van der Waals surface area contributed by atoms with Crippen molar-refractivity contribution in [1.29, 1.82) is 0 Å². The molecule has 1 aliphatic rings. The van der Waals surface area contributed by atoms with Gasteiger partial charge in [0.2, 0.25) is 10.0 Å². The van der Waals surface area contributed by atoms with Crippen LogP contribution in [0.4, 0.5) is 0 Å². The number of rotatable bonds is 6. The van der Waals surface area contributed by atoms with Crippen LogP contribution in [-0.2, 0) is 16.6 Å². The standard InChI is InChI=1S/C14H24N4O3S.HI/c1-3-15-14(17-11-13-7-5-9-21-13)16-10-12-6-4-8-18(12)22(2,19)20;/h5,7,9,12H,3-4,6,8,10-11H2,1-2H3,(H2,15,16,17);1H/t12-;/m1./s1. The number of halogens is 1. The Kier molecular flexibility index (Phi) is 8.34. The molecule has 1 aliphatic heterocycles. The molecule has 0 saturated carbocycles. The summed E-state index contributed by atoms with van der Waals surface area (Å²) in [5.74, 6) is 1.45. The fraction of sp³-hybridized carbons (Fsp3) is 0.643. The van der Waals surface area contributed by atoms with Crippen LogP contribution in [0.1, 0.15) is 25.5 Å². The summed E-state index contributed by atoms with van der Waals surface area (Å²) in [6, 6.07) is 3.69. The van der Waals surface area contributed by atoms with Gasteiger partial charge in [0.25, 0.3) is 0 Å². The van der Waals surface area contributed by atoms with E-state index in [1.54, 1.807) is 10.6 Å². The van der Waals surface area contributed by atoms with Crippen LogP contribution in [-0.4, -0.2) is 50.6 Å². The second-order valence-corrected chi connectivity index (χ2v) is 7.26. The van der Waals surface area contributed by atoms with Gasteiger partial charge in [-0.15, -0.1) is 24.0 Å². The maximum atomic E-state index is 11.7. The first-order valence-electron chi connectivity index (χ1n) is 7.52. The van der Waals surface area contributed by atoms with Gasteiger partial charge in [0.15, 0.2) is 5.96 Å². The van der Waals surface area contributed by atoms with E-state index in [4.69, 9.17) is 4.42 Å². The van der Waals surface area contributed by atoms with Gasteiger partial charge in [0, 0.05) is 25.7 Å². The van der Waals surface area contributed by atoms with Crippen molar-refractivity contribution < 1.29 is 12.8 Å². The summed E-state index contributed by atoms with van der Waals surface area (Å²) in [5, 5.41) is 6.37. The lowest BCUT2D eigenvalue weighted by atomic mass is 10.2. The highest BCUT2D eigenvalue weighted by Crippen LogP contribution is 2.19. The number of hydrogen-bond acceptors (Lipinski definition) is 4. The molecule has 0 unspecified atom stereocenters. The molecule has 0 aliphatic carbocycles. The minimum absolute atomic E-state index is 0. The van der Waals surface area contributed by atoms with Gasteiger partial charge in [0.1, 0.15) is 12.3 Å². The fourth-order valence-electron chi connectivity index (χ4n) is 2.57. The summed E-state index contributed by atoms with van der Waals surface area (Å²) in [6.45, 7) is 4.33. The van der Waals surface area contributed by atoms with Gasteiger partial charge >= 0.3 is 0 Å². The lowest BCUT2D eigenvalue weighted by Gasteiger charge is -2.23. The summed E-state index contributed by atoms with van der Waals surface area (Å²) in [5.41, 5.74) is 0. The van der Waals surface area contributed by atoms with Crippen molar-refractivity contribution in [3.63, 3.8) is 0 Å². The van der Waals surface area contributed by atoms with E-state index in [9.17, 15) is 8.42 Å². The fourth-order valence-corrected chi connectivity index (χ4v) is 3.75. The molecule has 0 radical (unpaired) electrons. The minimum atomic E-state index is -3.14. The van der Waals surface area contributed by atoms with E-state index in [0.717, 1.165) is 25.1 Å². The Bertz CT molecular complexity index is 589. The zero-order valence-electron chi connectivity index (χ0n) is 13.5. The summed E-state index contributed by atoms with van der Waals surface area (Å²) >= 11 is 0. The molecule has 0 aromatic carbocycles. The predicted octanol–water partition coefficient (Wildman–Crippen LogP) is 1.38. The number of furan rings is 1. The van der Waals surface area contributed by atoms with Crippen molar-refractivity contribution in [2.75, 3.05) is 25.9 Å². The maximum Gasteiger partial charge on any atom is 0.211 e. The van der Waals surface area contributed by atoms with Crippen LogP contribution in [0.2, 0.25) is 0 Å². The number of nitrogens with zero attached hydrogens (tertiary/aromatic N) is 2. The molecule has 9 heteroatoms. The Hall–Kier alpha value is -0.810. The third kappa shape index (κ3) is 6.30.